The maximum atomic E-state index is 12.8. The molecule has 2 aromatic heterocycles. The highest BCUT2D eigenvalue weighted by Crippen LogP contribution is 2.26. The van der Waals surface area contributed by atoms with Crippen LogP contribution in [0.3, 0.4) is 0 Å². The standard InChI is InChI=1S/C23H25ClN8OS/c1-15-5-3-6-18(24)17(15)13-19(33)20-14-26-23(34-20)30-21-27-16(2)28-22(29-21)32-11-9-31(10-12-32)8-4-7-25/h3,5-6,14H,4,8-13H2,1-2H3,(H,26,27,28,29,30). The minimum Gasteiger partial charge on any atom is -0.338 e. The molecule has 0 spiro atoms. The van der Waals surface area contributed by atoms with E-state index in [1.807, 2.05) is 26.0 Å². The summed E-state index contributed by atoms with van der Waals surface area (Å²) < 4.78 is 0. The Morgan fingerprint density at radius 3 is 2.74 bits per heavy atom. The van der Waals surface area contributed by atoms with Gasteiger partial charge in [0, 0.05) is 50.6 Å². The van der Waals surface area contributed by atoms with Gasteiger partial charge in [-0.05, 0) is 31.0 Å². The molecule has 0 aliphatic carbocycles. The quantitative estimate of drug-likeness (QED) is 0.465. The molecule has 3 heterocycles. The number of benzene rings is 1. The summed E-state index contributed by atoms with van der Waals surface area (Å²) in [6.45, 7) is 7.84. The summed E-state index contributed by atoms with van der Waals surface area (Å²) in [7, 11) is 0. The van der Waals surface area contributed by atoms with E-state index in [9.17, 15) is 4.79 Å². The third-order valence-electron chi connectivity index (χ3n) is 5.62. The van der Waals surface area contributed by atoms with Crippen LogP contribution in [0.5, 0.6) is 0 Å². The zero-order valence-electron chi connectivity index (χ0n) is 19.1. The fraction of sp³-hybridized carbons (Fsp3) is 0.391. The molecule has 1 N–H and O–H groups in total. The van der Waals surface area contributed by atoms with Gasteiger partial charge >= 0.3 is 0 Å². The van der Waals surface area contributed by atoms with E-state index in [1.54, 1.807) is 12.3 Å². The van der Waals surface area contributed by atoms with E-state index in [0.29, 0.717) is 39.2 Å². The zero-order valence-corrected chi connectivity index (χ0v) is 20.7. The lowest BCUT2D eigenvalue weighted by molar-refractivity contribution is 0.0996. The number of Topliss-reactive ketones (excluding diaryl/α,β-unsaturated/α-hetero) is 1. The lowest BCUT2D eigenvalue weighted by Gasteiger charge is -2.34. The van der Waals surface area contributed by atoms with E-state index < -0.39 is 0 Å². The first-order valence-corrected chi connectivity index (χ1v) is 12.2. The summed E-state index contributed by atoms with van der Waals surface area (Å²) in [4.78, 5) is 35.5. The minimum atomic E-state index is -0.0384. The van der Waals surface area contributed by atoms with E-state index in [0.717, 1.165) is 43.9 Å². The number of hydrogen-bond acceptors (Lipinski definition) is 10. The molecule has 0 radical (unpaired) electrons. The number of rotatable bonds is 8. The number of nitriles is 1. The second kappa shape index (κ2) is 10.9. The number of hydrogen-bond donors (Lipinski definition) is 1. The third-order valence-corrected chi connectivity index (χ3v) is 6.93. The summed E-state index contributed by atoms with van der Waals surface area (Å²) in [5.41, 5.74) is 1.82. The number of anilines is 3. The molecule has 3 aromatic rings. The highest BCUT2D eigenvalue weighted by molar-refractivity contribution is 7.17. The number of nitrogens with zero attached hydrogens (tertiary/aromatic N) is 7. The fourth-order valence-electron chi connectivity index (χ4n) is 3.74. The summed E-state index contributed by atoms with van der Waals surface area (Å²) in [5.74, 6) is 1.56. The van der Waals surface area contributed by atoms with Crippen molar-refractivity contribution in [3.63, 3.8) is 0 Å². The van der Waals surface area contributed by atoms with Crippen LogP contribution < -0.4 is 10.2 Å². The molecule has 1 fully saturated rings. The van der Waals surface area contributed by atoms with Crippen molar-refractivity contribution in [2.24, 2.45) is 0 Å². The second-order valence-corrected chi connectivity index (χ2v) is 9.47. The molecule has 0 atom stereocenters. The van der Waals surface area contributed by atoms with Gasteiger partial charge in [0.15, 0.2) is 10.9 Å². The van der Waals surface area contributed by atoms with Crippen LogP contribution in [-0.4, -0.2) is 63.3 Å². The molecule has 1 aromatic carbocycles. The van der Waals surface area contributed by atoms with Gasteiger partial charge in [-0.3, -0.25) is 15.0 Å². The van der Waals surface area contributed by atoms with Crippen LogP contribution in [0.1, 0.15) is 33.0 Å². The molecule has 1 aliphatic rings. The summed E-state index contributed by atoms with van der Waals surface area (Å²) >= 11 is 7.54. The third kappa shape index (κ3) is 5.86. The monoisotopic (exact) mass is 496 g/mol. The Balaban J connectivity index is 1.41. The molecule has 4 rings (SSSR count). The molecule has 0 saturated carbocycles. The summed E-state index contributed by atoms with van der Waals surface area (Å²) in [6.07, 6.45) is 2.33. The average Bonchev–Trinajstić information content (AvgIpc) is 3.28. The highest BCUT2D eigenvalue weighted by atomic mass is 35.5. The average molecular weight is 497 g/mol. The molecule has 1 saturated heterocycles. The van der Waals surface area contributed by atoms with Crippen molar-refractivity contribution in [1.82, 2.24) is 24.8 Å². The fourth-order valence-corrected chi connectivity index (χ4v) is 4.78. The van der Waals surface area contributed by atoms with Gasteiger partial charge < -0.3 is 4.90 Å². The van der Waals surface area contributed by atoms with E-state index in [1.165, 1.54) is 11.3 Å². The molecule has 0 bridgehead atoms. The van der Waals surface area contributed by atoms with Crippen LogP contribution in [0, 0.1) is 25.2 Å². The molecule has 176 valence electrons. The van der Waals surface area contributed by atoms with Gasteiger partial charge in [0.2, 0.25) is 11.9 Å². The molecule has 1 aliphatic heterocycles. The zero-order chi connectivity index (χ0) is 24.1. The first kappa shape index (κ1) is 24.0. The maximum absolute atomic E-state index is 12.8. The van der Waals surface area contributed by atoms with Gasteiger partial charge in [-0.15, -0.1) is 0 Å². The molecule has 9 nitrogen and oxygen atoms in total. The van der Waals surface area contributed by atoms with Gasteiger partial charge in [0.25, 0.3) is 0 Å². The Bertz CT molecular complexity index is 1200. The number of thiazole rings is 1. The number of aromatic nitrogens is 4. The van der Waals surface area contributed by atoms with Crippen molar-refractivity contribution in [3.8, 4) is 6.07 Å². The number of halogens is 1. The second-order valence-electron chi connectivity index (χ2n) is 8.03. The lowest BCUT2D eigenvalue weighted by Crippen LogP contribution is -2.47. The lowest BCUT2D eigenvalue weighted by atomic mass is 10.0. The Hall–Kier alpha value is -3.13. The van der Waals surface area contributed by atoms with Crippen LogP contribution in [-0.2, 0) is 6.42 Å². The summed E-state index contributed by atoms with van der Waals surface area (Å²) in [6, 6.07) is 7.81. The van der Waals surface area contributed by atoms with E-state index in [4.69, 9.17) is 16.9 Å². The van der Waals surface area contributed by atoms with Crippen molar-refractivity contribution in [1.29, 1.82) is 5.26 Å². The number of carbonyl (C=O) groups is 1. The van der Waals surface area contributed by atoms with Gasteiger partial charge in [0.05, 0.1) is 17.1 Å². The molecule has 0 amide bonds. The van der Waals surface area contributed by atoms with Crippen molar-refractivity contribution >= 4 is 45.7 Å². The normalized spacial score (nSPS) is 14.1. The Kier molecular flexibility index (Phi) is 7.67. The van der Waals surface area contributed by atoms with Crippen LogP contribution >= 0.6 is 22.9 Å². The predicted octanol–water partition coefficient (Wildman–Crippen LogP) is 3.80. The minimum absolute atomic E-state index is 0.0384. The van der Waals surface area contributed by atoms with Crippen LogP contribution in [0.15, 0.2) is 24.4 Å². The topological polar surface area (TPSA) is 111 Å². The van der Waals surface area contributed by atoms with Crippen molar-refractivity contribution < 1.29 is 4.79 Å². The van der Waals surface area contributed by atoms with E-state index in [-0.39, 0.29) is 12.2 Å². The molecule has 34 heavy (non-hydrogen) atoms. The molecular formula is C23H25ClN8OS. The van der Waals surface area contributed by atoms with Gasteiger partial charge in [-0.1, -0.05) is 35.1 Å². The van der Waals surface area contributed by atoms with Crippen LogP contribution in [0.2, 0.25) is 5.02 Å². The first-order valence-electron chi connectivity index (χ1n) is 11.0. The maximum Gasteiger partial charge on any atom is 0.234 e. The summed E-state index contributed by atoms with van der Waals surface area (Å²) in [5, 5.41) is 13.0. The van der Waals surface area contributed by atoms with Crippen molar-refractivity contribution in [2.45, 2.75) is 26.7 Å². The predicted molar refractivity (Wildman–Crippen MR) is 133 cm³/mol. The highest BCUT2D eigenvalue weighted by Gasteiger charge is 2.20. The van der Waals surface area contributed by atoms with Crippen LogP contribution in [0.25, 0.3) is 0 Å². The van der Waals surface area contributed by atoms with Crippen molar-refractivity contribution in [2.75, 3.05) is 42.9 Å². The number of nitrogens with one attached hydrogen (secondary N) is 1. The SMILES string of the molecule is Cc1nc(Nc2ncc(C(=O)Cc3c(C)cccc3Cl)s2)nc(N2CCN(CCC#N)CC2)n1. The van der Waals surface area contributed by atoms with E-state index >= 15 is 0 Å². The largest absolute Gasteiger partial charge is 0.338 e. The molecule has 11 heteroatoms. The van der Waals surface area contributed by atoms with Crippen LogP contribution in [0.4, 0.5) is 17.0 Å². The molecule has 0 unspecified atom stereocenters. The Labute approximate surface area is 207 Å². The van der Waals surface area contributed by atoms with Crippen molar-refractivity contribution in [3.05, 3.63) is 51.2 Å². The smallest absolute Gasteiger partial charge is 0.234 e. The van der Waals surface area contributed by atoms with Gasteiger partial charge in [0.1, 0.15) is 5.82 Å². The van der Waals surface area contributed by atoms with Gasteiger partial charge in [-0.25, -0.2) is 4.98 Å². The van der Waals surface area contributed by atoms with E-state index in [2.05, 4.69) is 41.1 Å². The Morgan fingerprint density at radius 1 is 1.21 bits per heavy atom. The molecular weight excluding hydrogens is 472 g/mol. The number of ketones is 1. The number of piperazine rings is 1. The Morgan fingerprint density at radius 2 is 2.00 bits per heavy atom. The number of aryl methyl sites for hydroxylation is 2. The van der Waals surface area contributed by atoms with Gasteiger partial charge in [-0.2, -0.15) is 20.2 Å². The number of carbonyl (C=O) groups excluding carboxylic acids is 1. The first-order chi connectivity index (χ1) is 16.4.